The van der Waals surface area contributed by atoms with Gasteiger partial charge in [0.05, 0.1) is 0 Å². The third kappa shape index (κ3) is 4.23. The van der Waals surface area contributed by atoms with Gasteiger partial charge in [0.15, 0.2) is 0 Å². The van der Waals surface area contributed by atoms with Gasteiger partial charge in [-0.3, -0.25) is 9.59 Å². The molecule has 3 rings (SSSR count). The zero-order chi connectivity index (χ0) is 17.6. The number of nitrogens with one attached hydrogen (secondary N) is 1. The Morgan fingerprint density at radius 2 is 2.04 bits per heavy atom. The fraction of sp³-hybridized carbons (Fsp3) is 0.444. The molecule has 0 aliphatic carbocycles. The van der Waals surface area contributed by atoms with Crippen LogP contribution in [0.3, 0.4) is 0 Å². The maximum absolute atomic E-state index is 12.3. The molecule has 2 aromatic rings. The van der Waals surface area contributed by atoms with E-state index in [4.69, 9.17) is 0 Å². The molecule has 2 aromatic heterocycles. The van der Waals surface area contributed by atoms with Crippen LogP contribution >= 0.6 is 0 Å². The van der Waals surface area contributed by atoms with E-state index in [1.54, 1.807) is 6.20 Å². The summed E-state index contributed by atoms with van der Waals surface area (Å²) in [5.74, 6) is 0.670. The van der Waals surface area contributed by atoms with Crippen molar-refractivity contribution in [2.45, 2.75) is 39.3 Å². The molecule has 1 aliphatic rings. The van der Waals surface area contributed by atoms with Crippen LogP contribution in [0.2, 0.25) is 0 Å². The monoisotopic (exact) mass is 341 g/mol. The van der Waals surface area contributed by atoms with Crippen LogP contribution in [0.1, 0.15) is 42.2 Å². The molecule has 7 nitrogen and oxygen atoms in total. The number of carbonyl (C=O) groups excluding carboxylic acids is 1. The molecule has 0 spiro atoms. The number of nitrogens with zero attached hydrogens (tertiary/aromatic N) is 4. The molecule has 0 unspecified atom stereocenters. The predicted molar refractivity (Wildman–Crippen MR) is 95.6 cm³/mol. The molecular weight excluding hydrogens is 318 g/mol. The van der Waals surface area contributed by atoms with Crippen molar-refractivity contribution in [2.75, 3.05) is 18.0 Å². The normalized spacial score (nSPS) is 13.9. The van der Waals surface area contributed by atoms with E-state index in [9.17, 15) is 9.59 Å². The van der Waals surface area contributed by atoms with Crippen LogP contribution in [0.4, 0.5) is 5.82 Å². The number of hydrogen-bond acceptors (Lipinski definition) is 5. The van der Waals surface area contributed by atoms with Crippen molar-refractivity contribution in [1.29, 1.82) is 0 Å². The third-order valence-electron chi connectivity index (χ3n) is 4.23. The van der Waals surface area contributed by atoms with Gasteiger partial charge in [-0.05, 0) is 43.0 Å². The minimum Gasteiger partial charge on any atom is -0.357 e. The van der Waals surface area contributed by atoms with Crippen LogP contribution in [-0.4, -0.2) is 33.8 Å². The van der Waals surface area contributed by atoms with Crippen LogP contribution in [0.5, 0.6) is 0 Å². The minimum absolute atomic E-state index is 0.192. The molecule has 1 N–H and O–H groups in total. The molecule has 0 bridgehead atoms. The summed E-state index contributed by atoms with van der Waals surface area (Å²) < 4.78 is 1.33. The number of aryl methyl sites for hydroxylation is 1. The molecule has 7 heteroatoms. The lowest BCUT2D eigenvalue weighted by Crippen LogP contribution is -2.29. The summed E-state index contributed by atoms with van der Waals surface area (Å²) in [5.41, 5.74) is 1.05. The average molecular weight is 341 g/mol. The average Bonchev–Trinajstić information content (AvgIpc) is 3.17. The van der Waals surface area contributed by atoms with E-state index >= 15 is 0 Å². The quantitative estimate of drug-likeness (QED) is 0.863. The molecule has 1 saturated heterocycles. The molecule has 1 fully saturated rings. The molecule has 0 atom stereocenters. The Morgan fingerprint density at radius 3 is 2.80 bits per heavy atom. The largest absolute Gasteiger partial charge is 0.357 e. The molecule has 0 saturated carbocycles. The van der Waals surface area contributed by atoms with Gasteiger partial charge in [-0.2, -0.15) is 5.10 Å². The standard InChI is InChI=1S/C18H23N5O2/c1-2-9-23-17(24)6-5-15(21-23)18(25)20-13-14-7-8-19-16(12-14)22-10-3-4-11-22/h5-8,12H,2-4,9-11,13H2,1H3,(H,20,25). The summed E-state index contributed by atoms with van der Waals surface area (Å²) in [4.78, 5) is 30.7. The molecule has 3 heterocycles. The van der Waals surface area contributed by atoms with Gasteiger partial charge in [-0.15, -0.1) is 0 Å². The fourth-order valence-corrected chi connectivity index (χ4v) is 2.90. The minimum atomic E-state index is -0.288. The van der Waals surface area contributed by atoms with Gasteiger partial charge in [-0.25, -0.2) is 9.67 Å². The number of carbonyl (C=O) groups is 1. The molecule has 1 amide bonds. The highest BCUT2D eigenvalue weighted by Gasteiger charge is 2.14. The van der Waals surface area contributed by atoms with Crippen molar-refractivity contribution >= 4 is 11.7 Å². The van der Waals surface area contributed by atoms with E-state index in [-0.39, 0.29) is 17.2 Å². The topological polar surface area (TPSA) is 80.1 Å². The maximum atomic E-state index is 12.3. The Bertz CT molecular complexity index is 796. The number of hydrogen-bond donors (Lipinski definition) is 1. The summed E-state index contributed by atoms with van der Waals surface area (Å²) in [6, 6.07) is 6.75. The van der Waals surface area contributed by atoms with Crippen LogP contribution in [0.25, 0.3) is 0 Å². The fourth-order valence-electron chi connectivity index (χ4n) is 2.90. The second-order valence-corrected chi connectivity index (χ2v) is 6.18. The first kappa shape index (κ1) is 17.1. The van der Waals surface area contributed by atoms with Crippen molar-refractivity contribution < 1.29 is 4.79 Å². The van der Waals surface area contributed by atoms with Gasteiger partial charge in [0.2, 0.25) is 0 Å². The Balaban J connectivity index is 1.65. The Kier molecular flexibility index (Phi) is 5.42. The number of anilines is 1. The van der Waals surface area contributed by atoms with Crippen molar-refractivity contribution in [1.82, 2.24) is 20.1 Å². The zero-order valence-electron chi connectivity index (χ0n) is 14.4. The number of aromatic nitrogens is 3. The predicted octanol–water partition coefficient (Wildman–Crippen LogP) is 1.58. The summed E-state index contributed by atoms with van der Waals surface area (Å²) >= 11 is 0. The Labute approximate surface area is 146 Å². The van der Waals surface area contributed by atoms with Crippen molar-refractivity contribution in [3.05, 3.63) is 52.1 Å². The number of rotatable bonds is 6. The van der Waals surface area contributed by atoms with Gasteiger partial charge in [0.1, 0.15) is 11.5 Å². The highest BCUT2D eigenvalue weighted by Crippen LogP contribution is 2.18. The second kappa shape index (κ2) is 7.92. The first-order valence-electron chi connectivity index (χ1n) is 8.73. The van der Waals surface area contributed by atoms with Gasteiger partial charge >= 0.3 is 0 Å². The Hall–Kier alpha value is -2.70. The van der Waals surface area contributed by atoms with E-state index in [0.717, 1.165) is 30.9 Å². The van der Waals surface area contributed by atoms with Crippen molar-refractivity contribution in [2.24, 2.45) is 0 Å². The highest BCUT2D eigenvalue weighted by atomic mass is 16.2. The summed E-state index contributed by atoms with van der Waals surface area (Å²) in [6.45, 7) is 4.93. The van der Waals surface area contributed by atoms with Crippen LogP contribution in [-0.2, 0) is 13.1 Å². The van der Waals surface area contributed by atoms with Gasteiger partial charge < -0.3 is 10.2 Å². The lowest BCUT2D eigenvalue weighted by molar-refractivity contribution is 0.0943. The molecular formula is C18H23N5O2. The number of pyridine rings is 1. The van der Waals surface area contributed by atoms with E-state index in [2.05, 4.69) is 20.3 Å². The zero-order valence-corrected chi connectivity index (χ0v) is 14.4. The molecule has 1 aliphatic heterocycles. The van der Waals surface area contributed by atoms with Crippen LogP contribution < -0.4 is 15.8 Å². The SMILES string of the molecule is CCCn1nc(C(=O)NCc2ccnc(N3CCCC3)c2)ccc1=O. The van der Waals surface area contributed by atoms with E-state index in [1.807, 2.05) is 19.1 Å². The first-order valence-corrected chi connectivity index (χ1v) is 8.73. The van der Waals surface area contributed by atoms with Gasteiger partial charge in [0.25, 0.3) is 11.5 Å². The first-order chi connectivity index (χ1) is 12.2. The summed E-state index contributed by atoms with van der Waals surface area (Å²) in [6.07, 6.45) is 4.95. The van der Waals surface area contributed by atoms with Crippen molar-refractivity contribution in [3.63, 3.8) is 0 Å². The molecule has 0 aromatic carbocycles. The Morgan fingerprint density at radius 1 is 1.24 bits per heavy atom. The highest BCUT2D eigenvalue weighted by molar-refractivity contribution is 5.91. The third-order valence-corrected chi connectivity index (χ3v) is 4.23. The van der Waals surface area contributed by atoms with Crippen LogP contribution in [0, 0.1) is 0 Å². The molecule has 132 valence electrons. The van der Waals surface area contributed by atoms with Gasteiger partial charge in [-0.1, -0.05) is 6.92 Å². The smallest absolute Gasteiger partial charge is 0.271 e. The molecule has 25 heavy (non-hydrogen) atoms. The van der Waals surface area contributed by atoms with Crippen molar-refractivity contribution in [3.8, 4) is 0 Å². The second-order valence-electron chi connectivity index (χ2n) is 6.18. The molecule has 0 radical (unpaired) electrons. The number of amides is 1. The van der Waals surface area contributed by atoms with Gasteiger partial charge in [0, 0.05) is 38.4 Å². The lowest BCUT2D eigenvalue weighted by atomic mass is 10.2. The summed E-state index contributed by atoms with van der Waals surface area (Å²) in [7, 11) is 0. The lowest BCUT2D eigenvalue weighted by Gasteiger charge is -2.17. The van der Waals surface area contributed by atoms with E-state index in [0.29, 0.717) is 13.1 Å². The maximum Gasteiger partial charge on any atom is 0.271 e. The van der Waals surface area contributed by atoms with E-state index in [1.165, 1.54) is 29.7 Å². The van der Waals surface area contributed by atoms with E-state index < -0.39 is 0 Å². The summed E-state index contributed by atoms with van der Waals surface area (Å²) in [5, 5.41) is 6.99. The van der Waals surface area contributed by atoms with Crippen LogP contribution in [0.15, 0.2) is 35.3 Å².